The quantitative estimate of drug-likeness (QED) is 0.851. The first-order valence-electron chi connectivity index (χ1n) is 6.72. The zero-order valence-electron chi connectivity index (χ0n) is 12.6. The van der Waals surface area contributed by atoms with Crippen molar-refractivity contribution in [1.29, 1.82) is 0 Å². The van der Waals surface area contributed by atoms with Gasteiger partial charge in [0.25, 0.3) is 5.91 Å². The third-order valence-electron chi connectivity index (χ3n) is 2.98. The molecule has 1 amide bonds. The van der Waals surface area contributed by atoms with E-state index in [-0.39, 0.29) is 24.8 Å². The van der Waals surface area contributed by atoms with Gasteiger partial charge < -0.3 is 9.84 Å². The summed E-state index contributed by atoms with van der Waals surface area (Å²) >= 11 is 5.76. The van der Waals surface area contributed by atoms with Crippen molar-refractivity contribution in [3.63, 3.8) is 0 Å². The Morgan fingerprint density at radius 3 is 2.52 bits per heavy atom. The van der Waals surface area contributed by atoms with Crippen molar-refractivity contribution in [3.8, 4) is 0 Å². The molecule has 0 aliphatic carbocycles. The lowest BCUT2D eigenvalue weighted by Gasteiger charge is -2.19. The maximum Gasteiger partial charge on any atom is 0.251 e. The van der Waals surface area contributed by atoms with E-state index < -0.39 is 10.0 Å². The van der Waals surface area contributed by atoms with Crippen LogP contribution < -0.4 is 9.62 Å². The third-order valence-corrected chi connectivity index (χ3v) is 4.40. The van der Waals surface area contributed by atoms with Crippen molar-refractivity contribution in [2.45, 2.75) is 6.92 Å². The molecular weight excluding hydrogens is 342 g/mol. The first-order valence-corrected chi connectivity index (χ1v) is 8.95. The second kappa shape index (κ2) is 7.01. The number of amides is 1. The SMILES string of the molecule is Cc1cc(N(CCNC(=O)c2ccc(Cl)cc2)S(C)(=O)=O)no1. The fraction of sp³-hybridized carbons (Fsp3) is 0.286. The summed E-state index contributed by atoms with van der Waals surface area (Å²) in [4.78, 5) is 12.0. The van der Waals surface area contributed by atoms with Crippen LogP contribution >= 0.6 is 11.6 Å². The van der Waals surface area contributed by atoms with Crippen LogP contribution in [0.3, 0.4) is 0 Å². The van der Waals surface area contributed by atoms with Gasteiger partial charge in [-0.3, -0.25) is 4.79 Å². The van der Waals surface area contributed by atoms with Crippen LogP contribution in [0, 0.1) is 6.92 Å². The Morgan fingerprint density at radius 1 is 1.35 bits per heavy atom. The number of nitrogens with one attached hydrogen (secondary N) is 1. The van der Waals surface area contributed by atoms with Gasteiger partial charge in [0, 0.05) is 23.2 Å². The van der Waals surface area contributed by atoms with Crippen molar-refractivity contribution in [1.82, 2.24) is 10.5 Å². The summed E-state index contributed by atoms with van der Waals surface area (Å²) < 4.78 is 29.7. The van der Waals surface area contributed by atoms with Crippen LogP contribution in [-0.2, 0) is 10.0 Å². The largest absolute Gasteiger partial charge is 0.360 e. The molecule has 0 saturated heterocycles. The predicted molar refractivity (Wildman–Crippen MR) is 87.2 cm³/mol. The number of halogens is 1. The van der Waals surface area contributed by atoms with Crippen LogP contribution in [-0.4, -0.2) is 38.8 Å². The Kier molecular flexibility index (Phi) is 5.27. The molecule has 23 heavy (non-hydrogen) atoms. The monoisotopic (exact) mass is 357 g/mol. The Morgan fingerprint density at radius 2 is 2.00 bits per heavy atom. The molecule has 0 unspecified atom stereocenters. The van der Waals surface area contributed by atoms with E-state index in [1.807, 2.05) is 0 Å². The van der Waals surface area contributed by atoms with Gasteiger partial charge >= 0.3 is 0 Å². The highest BCUT2D eigenvalue weighted by Crippen LogP contribution is 2.16. The molecule has 1 aromatic heterocycles. The van der Waals surface area contributed by atoms with Crippen molar-refractivity contribution in [2.24, 2.45) is 0 Å². The highest BCUT2D eigenvalue weighted by Gasteiger charge is 2.20. The lowest BCUT2D eigenvalue weighted by molar-refractivity contribution is 0.0955. The number of carbonyl (C=O) groups is 1. The molecule has 0 radical (unpaired) electrons. The minimum atomic E-state index is -3.53. The van der Waals surface area contributed by atoms with Gasteiger partial charge in [-0.15, -0.1) is 0 Å². The topological polar surface area (TPSA) is 92.5 Å². The molecule has 2 rings (SSSR count). The van der Waals surface area contributed by atoms with Gasteiger partial charge in [0.1, 0.15) is 5.76 Å². The first kappa shape index (κ1) is 17.3. The second-order valence-corrected chi connectivity index (χ2v) is 7.24. The smallest absolute Gasteiger partial charge is 0.251 e. The Bertz CT molecular complexity index is 787. The lowest BCUT2D eigenvalue weighted by Crippen LogP contribution is -2.38. The molecule has 0 aliphatic rings. The molecule has 0 bridgehead atoms. The standard InChI is InChI=1S/C14H16ClN3O4S/c1-10-9-13(17-22-10)18(23(2,20)21)8-7-16-14(19)11-3-5-12(15)6-4-11/h3-6,9H,7-8H2,1-2H3,(H,16,19). The number of sulfonamides is 1. The Labute approximate surface area is 139 Å². The van der Waals surface area contributed by atoms with Crippen molar-refractivity contribution in [3.05, 3.63) is 46.7 Å². The average Bonchev–Trinajstić information content (AvgIpc) is 2.88. The predicted octanol–water partition coefficient (Wildman–Crippen LogP) is 1.83. The number of benzene rings is 1. The number of aromatic nitrogens is 1. The molecule has 0 spiro atoms. The number of carbonyl (C=O) groups excluding carboxylic acids is 1. The number of aryl methyl sites for hydroxylation is 1. The second-order valence-electron chi connectivity index (χ2n) is 4.89. The zero-order chi connectivity index (χ0) is 17.0. The Hall–Kier alpha value is -2.06. The highest BCUT2D eigenvalue weighted by atomic mass is 35.5. The summed E-state index contributed by atoms with van der Waals surface area (Å²) in [5, 5.41) is 6.88. The van der Waals surface area contributed by atoms with Gasteiger partial charge in [0.15, 0.2) is 5.82 Å². The van der Waals surface area contributed by atoms with E-state index in [4.69, 9.17) is 16.1 Å². The summed E-state index contributed by atoms with van der Waals surface area (Å²) in [7, 11) is -3.53. The van der Waals surface area contributed by atoms with Crippen LogP contribution in [0.25, 0.3) is 0 Å². The molecule has 0 fully saturated rings. The normalized spacial score (nSPS) is 11.3. The number of hydrogen-bond acceptors (Lipinski definition) is 5. The third kappa shape index (κ3) is 4.70. The van der Waals surface area contributed by atoms with Gasteiger partial charge in [-0.1, -0.05) is 16.8 Å². The lowest BCUT2D eigenvalue weighted by atomic mass is 10.2. The molecule has 1 heterocycles. The molecule has 9 heteroatoms. The average molecular weight is 358 g/mol. The van der Waals surface area contributed by atoms with Crippen LogP contribution in [0.4, 0.5) is 5.82 Å². The van der Waals surface area contributed by atoms with Gasteiger partial charge in [0.05, 0.1) is 12.8 Å². The summed E-state index contributed by atoms with van der Waals surface area (Å²) in [6, 6.07) is 7.91. The minimum absolute atomic E-state index is 0.0458. The summed E-state index contributed by atoms with van der Waals surface area (Å²) in [6.07, 6.45) is 1.07. The Balaban J connectivity index is 1.99. The molecular formula is C14H16ClN3O4S. The van der Waals surface area contributed by atoms with Crippen molar-refractivity contribution >= 4 is 33.3 Å². The molecule has 0 atom stereocenters. The van der Waals surface area contributed by atoms with Gasteiger partial charge in [-0.25, -0.2) is 12.7 Å². The van der Waals surface area contributed by atoms with E-state index in [2.05, 4.69) is 10.5 Å². The maximum absolute atomic E-state index is 12.0. The van der Waals surface area contributed by atoms with E-state index in [1.54, 1.807) is 31.2 Å². The molecule has 124 valence electrons. The van der Waals surface area contributed by atoms with Crippen molar-refractivity contribution < 1.29 is 17.7 Å². The van der Waals surface area contributed by atoms with Gasteiger partial charge in [0.2, 0.25) is 10.0 Å². The maximum atomic E-state index is 12.0. The summed E-state index contributed by atoms with van der Waals surface area (Å²) in [5.74, 6) is 0.371. The zero-order valence-corrected chi connectivity index (χ0v) is 14.2. The van der Waals surface area contributed by atoms with E-state index >= 15 is 0 Å². The molecule has 2 aromatic rings. The van der Waals surface area contributed by atoms with Gasteiger partial charge in [-0.2, -0.15) is 0 Å². The summed E-state index contributed by atoms with van der Waals surface area (Å²) in [5.41, 5.74) is 0.442. The molecule has 0 saturated carbocycles. The molecule has 1 N–H and O–H groups in total. The van der Waals surface area contributed by atoms with E-state index in [0.29, 0.717) is 16.3 Å². The molecule has 1 aromatic carbocycles. The number of anilines is 1. The van der Waals surface area contributed by atoms with E-state index in [9.17, 15) is 13.2 Å². The number of rotatable bonds is 6. The van der Waals surface area contributed by atoms with Crippen LogP contribution in [0.5, 0.6) is 0 Å². The summed E-state index contributed by atoms with van der Waals surface area (Å²) in [6.45, 7) is 1.84. The fourth-order valence-electron chi connectivity index (χ4n) is 1.90. The van der Waals surface area contributed by atoms with Crippen molar-refractivity contribution in [2.75, 3.05) is 23.7 Å². The van der Waals surface area contributed by atoms with E-state index in [1.165, 1.54) is 6.07 Å². The number of hydrogen-bond donors (Lipinski definition) is 1. The van der Waals surface area contributed by atoms with Crippen LogP contribution in [0.2, 0.25) is 5.02 Å². The first-order chi connectivity index (χ1) is 10.8. The molecule has 0 aliphatic heterocycles. The number of nitrogens with zero attached hydrogens (tertiary/aromatic N) is 2. The minimum Gasteiger partial charge on any atom is -0.360 e. The fourth-order valence-corrected chi connectivity index (χ4v) is 2.87. The van der Waals surface area contributed by atoms with Gasteiger partial charge in [-0.05, 0) is 31.2 Å². The molecule has 7 nitrogen and oxygen atoms in total. The highest BCUT2D eigenvalue weighted by molar-refractivity contribution is 7.92. The van der Waals surface area contributed by atoms with Crippen LogP contribution in [0.1, 0.15) is 16.1 Å². The van der Waals surface area contributed by atoms with E-state index in [0.717, 1.165) is 10.6 Å². The van der Waals surface area contributed by atoms with Crippen LogP contribution in [0.15, 0.2) is 34.9 Å².